The van der Waals surface area contributed by atoms with Crippen LogP contribution in [0.1, 0.15) is 78.7 Å². The number of aliphatic hydroxyl groups excluding tert-OH is 4. The Morgan fingerprint density at radius 1 is 0.534 bits per heavy atom. The summed E-state index contributed by atoms with van der Waals surface area (Å²) in [7, 11) is 0. The van der Waals surface area contributed by atoms with Crippen molar-refractivity contribution in [3.8, 4) is 0 Å². The first kappa shape index (κ1) is 84.7. The average Bonchev–Trinajstić information content (AvgIpc) is 1.68. The lowest BCUT2D eigenvalue weighted by Gasteiger charge is -2.31. The Hall–Kier alpha value is -10.7. The number of carboxylic acid groups (broad SMARTS) is 1. The van der Waals surface area contributed by atoms with E-state index < -0.39 is 238 Å². The predicted octanol–water partition coefficient (Wildman–Crippen LogP) is -12.8. The van der Waals surface area contributed by atoms with Gasteiger partial charge in [-0.15, -0.1) is 0 Å². The van der Waals surface area contributed by atoms with Crippen LogP contribution in [0, 0.1) is 0 Å². The number of nitrogens with zero attached hydrogens (tertiary/aromatic N) is 4. The molecular formula is C61H94N20O22. The monoisotopic (exact) mass is 1460 g/mol. The second-order valence-corrected chi connectivity index (χ2v) is 24.6. The van der Waals surface area contributed by atoms with Crippen LogP contribution in [0.3, 0.4) is 0 Å². The van der Waals surface area contributed by atoms with Crippen LogP contribution >= 0.6 is 0 Å². The number of carboxylic acids is 1. The largest absolute Gasteiger partial charge is 0.480 e. The second-order valence-electron chi connectivity index (χ2n) is 24.6. The fraction of sp³-hybridized carbons (Fsp3) is 0.607. The molecule has 0 aromatic heterocycles. The minimum atomic E-state index is -1.76. The third kappa shape index (κ3) is 27.3. The van der Waals surface area contributed by atoms with Crippen LogP contribution in [-0.4, -0.2) is 304 Å². The zero-order valence-electron chi connectivity index (χ0n) is 57.4. The highest BCUT2D eigenvalue weighted by Crippen LogP contribution is 2.26. The number of hydrogen-bond donors (Lipinski definition) is 21. The molecule has 103 heavy (non-hydrogen) atoms. The van der Waals surface area contributed by atoms with Crippen LogP contribution in [0.15, 0.2) is 35.3 Å². The Morgan fingerprint density at radius 2 is 1.00 bits per heavy atom. The molecule has 14 atom stereocenters. The zero-order chi connectivity index (χ0) is 76.9. The average molecular weight is 1460 g/mol. The maximum Gasteiger partial charge on any atom is 0.326 e. The molecule has 3 aliphatic heterocycles. The van der Waals surface area contributed by atoms with Crippen LogP contribution in [0.5, 0.6) is 0 Å². The van der Waals surface area contributed by atoms with Crippen molar-refractivity contribution < 1.29 is 107 Å². The quantitative estimate of drug-likeness (QED) is 0.0166. The van der Waals surface area contributed by atoms with Crippen molar-refractivity contribution in [1.29, 1.82) is 0 Å². The minimum Gasteiger partial charge on any atom is -0.480 e. The molecule has 0 bridgehead atoms. The number of hydrogen-bond acceptors (Lipinski definition) is 23. The van der Waals surface area contributed by atoms with Gasteiger partial charge in [0.15, 0.2) is 5.96 Å². The number of carbonyl (C=O) groups excluding carboxylic acids is 16. The van der Waals surface area contributed by atoms with Gasteiger partial charge in [-0.2, -0.15) is 0 Å². The molecule has 24 N–H and O–H groups in total. The number of rotatable bonds is 38. The number of aliphatic carboxylic acids is 1. The molecule has 42 heteroatoms. The highest BCUT2D eigenvalue weighted by atomic mass is 16.4. The third-order valence-corrected chi connectivity index (χ3v) is 16.3. The van der Waals surface area contributed by atoms with Crippen molar-refractivity contribution in [3.63, 3.8) is 0 Å². The molecule has 1 aromatic carbocycles. The number of nitrogens with two attached hydrogens (primary N) is 3. The number of guanidine groups is 1. The Morgan fingerprint density at radius 3 is 1.52 bits per heavy atom. The van der Waals surface area contributed by atoms with Gasteiger partial charge in [0, 0.05) is 45.4 Å². The lowest BCUT2D eigenvalue weighted by atomic mass is 10.0. The molecule has 0 spiro atoms. The molecular weight excluding hydrogens is 1360 g/mol. The molecule has 1 aromatic rings. The van der Waals surface area contributed by atoms with E-state index in [4.69, 9.17) is 17.2 Å². The number of amides is 16. The SMILES string of the molecule is C[C@H](NC(=O)CNC(=O)[C@@H]1C[C@@H](O)CN1C(=O)[C@H](Cc1ccccc1)NC(=O)CNC(=O)[C@@H](NC(=O)[C@H](C)NC(=O)CNC(=O)[C@@H]1C[C@@H](O)CN1C(=O)[C@@H]1CCCN1C(=O)CNC(=O)[C@H](C)NC(=O)[C@H](CO)NC(=O)CN)[C@@H](C)O)C(=O)N[C@@H](C)C(=O)NCC(=O)N[C@@H](CCCN=C(N)N)C(=O)O. The van der Waals surface area contributed by atoms with Gasteiger partial charge in [0.05, 0.1) is 64.2 Å². The first-order valence-corrected chi connectivity index (χ1v) is 32.9. The van der Waals surface area contributed by atoms with E-state index in [9.17, 15) is 107 Å². The van der Waals surface area contributed by atoms with Crippen molar-refractivity contribution in [2.24, 2.45) is 22.2 Å². The number of aliphatic imine (C=N–C) groups is 1. The number of carbonyl (C=O) groups is 17. The van der Waals surface area contributed by atoms with Gasteiger partial charge in [0.1, 0.15) is 66.5 Å². The van der Waals surface area contributed by atoms with Crippen LogP contribution < -0.4 is 86.3 Å². The van der Waals surface area contributed by atoms with Gasteiger partial charge in [-0.3, -0.25) is 81.7 Å². The van der Waals surface area contributed by atoms with Crippen molar-refractivity contribution >= 4 is 106 Å². The van der Waals surface area contributed by atoms with Crippen molar-refractivity contribution in [2.45, 2.75) is 164 Å². The summed E-state index contributed by atoms with van der Waals surface area (Å²) >= 11 is 0. The Labute approximate surface area is 590 Å². The van der Waals surface area contributed by atoms with Gasteiger partial charge >= 0.3 is 5.97 Å². The number of likely N-dealkylation sites (tertiary alicyclic amines) is 3. The molecule has 16 amide bonds. The molecule has 570 valence electrons. The van der Waals surface area contributed by atoms with Gasteiger partial charge in [0.25, 0.3) is 0 Å². The molecule has 3 fully saturated rings. The molecule has 0 aliphatic carbocycles. The second kappa shape index (κ2) is 41.3. The third-order valence-electron chi connectivity index (χ3n) is 16.3. The van der Waals surface area contributed by atoms with E-state index in [1.807, 2.05) is 0 Å². The first-order chi connectivity index (χ1) is 48.5. The highest BCUT2D eigenvalue weighted by molar-refractivity contribution is 6.00. The molecule has 3 heterocycles. The van der Waals surface area contributed by atoms with Crippen LogP contribution in [0.2, 0.25) is 0 Å². The van der Waals surface area contributed by atoms with E-state index in [1.54, 1.807) is 30.3 Å². The molecule has 3 saturated heterocycles. The summed E-state index contributed by atoms with van der Waals surface area (Å²) < 4.78 is 0. The topological polar surface area (TPSA) is 648 Å². The van der Waals surface area contributed by atoms with E-state index in [2.05, 4.69) is 74.1 Å². The van der Waals surface area contributed by atoms with E-state index in [-0.39, 0.29) is 64.1 Å². The number of benzene rings is 1. The Balaban J connectivity index is 1.26. The lowest BCUT2D eigenvalue weighted by Crippen LogP contribution is -2.59. The van der Waals surface area contributed by atoms with Crippen molar-refractivity contribution in [3.05, 3.63) is 35.9 Å². The molecule has 4 rings (SSSR count). The molecule has 0 saturated carbocycles. The molecule has 3 aliphatic rings. The summed E-state index contributed by atoms with van der Waals surface area (Å²) in [6, 6.07) is -6.83. The summed E-state index contributed by atoms with van der Waals surface area (Å²) in [4.78, 5) is 229. The zero-order valence-corrected chi connectivity index (χ0v) is 57.4. The molecule has 0 radical (unpaired) electrons. The van der Waals surface area contributed by atoms with Gasteiger partial charge < -0.3 is 127 Å². The normalized spacial score (nSPS) is 19.4. The van der Waals surface area contributed by atoms with E-state index in [0.717, 1.165) is 16.7 Å². The smallest absolute Gasteiger partial charge is 0.326 e. The molecule has 0 unspecified atom stereocenters. The predicted molar refractivity (Wildman–Crippen MR) is 356 cm³/mol. The van der Waals surface area contributed by atoms with E-state index >= 15 is 0 Å². The maximum absolute atomic E-state index is 14.3. The van der Waals surface area contributed by atoms with Crippen LogP contribution in [-0.2, 0) is 87.9 Å². The summed E-state index contributed by atoms with van der Waals surface area (Å²) in [5.41, 5.74) is 16.2. The Kier molecular flexibility index (Phi) is 33.9. The number of β-amino-alcohol motifs (C(OH)–C–C–N with tert-alkyl or cyclic N) is 2. The molecule has 42 nitrogen and oxygen atoms in total. The van der Waals surface area contributed by atoms with Gasteiger partial charge in [0.2, 0.25) is 94.5 Å². The maximum atomic E-state index is 14.3. The summed E-state index contributed by atoms with van der Waals surface area (Å²) in [6.45, 7) is 0.666. The highest BCUT2D eigenvalue weighted by Gasteiger charge is 2.46. The first-order valence-electron chi connectivity index (χ1n) is 32.9. The van der Waals surface area contributed by atoms with Crippen LogP contribution in [0.25, 0.3) is 0 Å². The van der Waals surface area contributed by atoms with E-state index in [1.165, 1.54) is 32.6 Å². The summed E-state index contributed by atoms with van der Waals surface area (Å²) in [5.74, 6) is -15.6. The standard InChI is InChI=1S/C61H94N20O22/c1-29(50(92)66-23-46(89)75-37(60(102)103)13-9-15-65-61(63)64)73-52(94)31(3)71-44(87)21-67-55(97)41-18-35(84)26-80(41)58(100)38(17-34-11-7-6-8-12-34)76-47(90)24-69-57(99)49(33(5)83)78-53(95)32(4)72-45(88)22-68-56(98)42-19-36(85)27-81(42)59(101)40-14-10-16-79(40)48(91)25-70-51(93)30(2)74-54(96)39(28-82)77-43(86)20-62/h6-8,11-12,29-33,35-42,49,82-85H,9-10,13-28,62H2,1-5H3,(H,66,92)(H,67,97)(H,68,98)(H,69,99)(H,70,93)(H,71,87)(H,72,88)(H,73,94)(H,74,96)(H,75,89)(H,76,90)(H,77,86)(H,78,95)(H,102,103)(H4,63,64,65)/t29-,30-,31-,32-,33+,35+,36+,37-,38-,39-,40-,41-,42-,49-/m0/s1. The van der Waals surface area contributed by atoms with Gasteiger partial charge in [-0.1, -0.05) is 30.3 Å². The summed E-state index contributed by atoms with van der Waals surface area (Å²) in [6.07, 6.45) is -4.14. The fourth-order valence-electron chi connectivity index (χ4n) is 10.8. The Bertz CT molecular complexity index is 3290. The van der Waals surface area contributed by atoms with Crippen molar-refractivity contribution in [1.82, 2.24) is 83.8 Å². The van der Waals surface area contributed by atoms with Crippen molar-refractivity contribution in [2.75, 3.05) is 72.1 Å². The van der Waals surface area contributed by atoms with Gasteiger partial charge in [-0.05, 0) is 65.9 Å². The number of aliphatic hydroxyl groups is 4. The van der Waals surface area contributed by atoms with Crippen LogP contribution in [0.4, 0.5) is 0 Å². The minimum absolute atomic E-state index is 0.0281. The fourth-order valence-corrected chi connectivity index (χ4v) is 10.8. The lowest BCUT2D eigenvalue weighted by molar-refractivity contribution is -0.146. The summed E-state index contributed by atoms with van der Waals surface area (Å²) in [5, 5.41) is 80.9. The van der Waals surface area contributed by atoms with Gasteiger partial charge in [-0.25, -0.2) is 4.79 Å². The number of nitrogens with one attached hydrogen (secondary N) is 13. The van der Waals surface area contributed by atoms with E-state index in [0.29, 0.717) is 12.0 Å².